The minimum Gasteiger partial charge on any atom is -0.495 e. The quantitative estimate of drug-likeness (QED) is 0.776. The Morgan fingerprint density at radius 3 is 2.40 bits per heavy atom. The van der Waals surface area contributed by atoms with E-state index in [-0.39, 0.29) is 24.3 Å². The maximum atomic E-state index is 13.1. The molecule has 0 heterocycles. The molecule has 0 amide bonds. The zero-order valence-electron chi connectivity index (χ0n) is 13.6. The van der Waals surface area contributed by atoms with E-state index in [0.29, 0.717) is 11.4 Å². The van der Waals surface area contributed by atoms with E-state index in [1.165, 1.54) is 19.2 Å². The smallest absolute Gasteiger partial charge is 0.303 e. The lowest BCUT2D eigenvalue weighted by atomic mass is 10.2. The molecule has 0 saturated heterocycles. The topological polar surface area (TPSA) is 83.9 Å². The summed E-state index contributed by atoms with van der Waals surface area (Å²) >= 11 is 0. The fourth-order valence-electron chi connectivity index (χ4n) is 2.31. The first kappa shape index (κ1) is 18.7. The highest BCUT2D eigenvalue weighted by Gasteiger charge is 2.27. The lowest BCUT2D eigenvalue weighted by molar-refractivity contribution is -0.137. The molecule has 0 radical (unpaired) electrons. The van der Waals surface area contributed by atoms with Gasteiger partial charge >= 0.3 is 5.97 Å². The lowest BCUT2D eigenvalue weighted by Crippen LogP contribution is -2.32. The summed E-state index contributed by atoms with van der Waals surface area (Å²) in [6.07, 6.45) is -0.0571. The molecule has 2 aromatic carbocycles. The summed E-state index contributed by atoms with van der Waals surface area (Å²) in [4.78, 5) is 10.7. The number of nitrogens with zero attached hydrogens (tertiary/aromatic N) is 1. The van der Waals surface area contributed by atoms with Crippen LogP contribution in [0, 0.1) is 5.82 Å². The van der Waals surface area contributed by atoms with Crippen molar-refractivity contribution >= 4 is 21.7 Å². The number of carboxylic acids is 1. The van der Waals surface area contributed by atoms with Crippen molar-refractivity contribution in [2.24, 2.45) is 0 Å². The van der Waals surface area contributed by atoms with Gasteiger partial charge in [0.15, 0.2) is 0 Å². The molecule has 25 heavy (non-hydrogen) atoms. The van der Waals surface area contributed by atoms with Crippen LogP contribution in [0.2, 0.25) is 0 Å². The normalized spacial score (nSPS) is 11.1. The highest BCUT2D eigenvalue weighted by atomic mass is 32.2. The van der Waals surface area contributed by atoms with Crippen LogP contribution >= 0.6 is 0 Å². The maximum absolute atomic E-state index is 13.1. The summed E-state index contributed by atoms with van der Waals surface area (Å²) in [5.41, 5.74) is 0.291. The first-order valence-electron chi connectivity index (χ1n) is 7.49. The molecule has 0 aliphatic carbocycles. The summed E-state index contributed by atoms with van der Waals surface area (Å²) in [7, 11) is -2.59. The van der Waals surface area contributed by atoms with Crippen molar-refractivity contribution in [3.8, 4) is 5.75 Å². The number of rotatable bonds is 8. The molecule has 2 rings (SSSR count). The fourth-order valence-corrected chi connectivity index (χ4v) is 3.83. The number of carbonyl (C=O) groups is 1. The van der Waals surface area contributed by atoms with Gasteiger partial charge in [0.1, 0.15) is 11.6 Å². The molecule has 0 aliphatic heterocycles. The van der Waals surface area contributed by atoms with E-state index in [9.17, 15) is 17.6 Å². The molecule has 0 spiro atoms. The minimum atomic E-state index is -4.01. The number of para-hydroxylation sites is 2. The molecule has 0 atom stereocenters. The number of sulfonamides is 1. The van der Waals surface area contributed by atoms with Gasteiger partial charge in [-0.15, -0.1) is 0 Å². The predicted molar refractivity (Wildman–Crippen MR) is 90.8 cm³/mol. The van der Waals surface area contributed by atoms with E-state index >= 15 is 0 Å². The van der Waals surface area contributed by atoms with Gasteiger partial charge in [0.2, 0.25) is 0 Å². The highest BCUT2D eigenvalue weighted by Crippen LogP contribution is 2.32. The van der Waals surface area contributed by atoms with Crippen LogP contribution in [0.5, 0.6) is 5.75 Å². The van der Waals surface area contributed by atoms with Crippen molar-refractivity contribution in [1.29, 1.82) is 0 Å². The van der Waals surface area contributed by atoms with Crippen molar-refractivity contribution < 1.29 is 27.4 Å². The van der Waals surface area contributed by atoms with Crippen LogP contribution in [-0.4, -0.2) is 33.1 Å². The average molecular weight is 367 g/mol. The second kappa shape index (κ2) is 7.98. The van der Waals surface area contributed by atoms with E-state index < -0.39 is 21.8 Å². The van der Waals surface area contributed by atoms with Gasteiger partial charge in [-0.1, -0.05) is 12.1 Å². The standard InChI is InChI=1S/C17H18FNO5S/c1-24-16-6-3-2-5-15(16)19(12-4-7-17(20)21)25(22,23)14-10-8-13(18)9-11-14/h2-3,5-6,8-11H,4,7,12H2,1H3,(H,20,21). The van der Waals surface area contributed by atoms with Crippen molar-refractivity contribution in [2.75, 3.05) is 18.0 Å². The third-order valence-corrected chi connectivity index (χ3v) is 5.33. The zero-order chi connectivity index (χ0) is 18.4. The Hall–Kier alpha value is -2.61. The third kappa shape index (κ3) is 4.48. The Kier molecular flexibility index (Phi) is 5.97. The number of halogens is 1. The van der Waals surface area contributed by atoms with E-state index in [0.717, 1.165) is 16.4 Å². The largest absolute Gasteiger partial charge is 0.495 e. The van der Waals surface area contributed by atoms with Crippen LogP contribution in [-0.2, 0) is 14.8 Å². The third-order valence-electron chi connectivity index (χ3n) is 3.51. The summed E-state index contributed by atoms with van der Waals surface area (Å²) in [6.45, 7) is -0.0492. The van der Waals surface area contributed by atoms with E-state index in [1.807, 2.05) is 0 Å². The second-order valence-corrected chi connectivity index (χ2v) is 7.06. The monoisotopic (exact) mass is 367 g/mol. The molecule has 0 aromatic heterocycles. The number of methoxy groups -OCH3 is 1. The van der Waals surface area contributed by atoms with E-state index in [2.05, 4.69) is 0 Å². The first-order valence-corrected chi connectivity index (χ1v) is 8.93. The summed E-state index contributed by atoms with van der Waals surface area (Å²) in [5.74, 6) is -1.23. The number of anilines is 1. The van der Waals surface area contributed by atoms with Crippen LogP contribution in [0.25, 0.3) is 0 Å². The summed E-state index contributed by atoms with van der Waals surface area (Å²) in [6, 6.07) is 11.0. The van der Waals surface area contributed by atoms with Gasteiger partial charge in [-0.3, -0.25) is 9.10 Å². The van der Waals surface area contributed by atoms with Gasteiger partial charge in [-0.25, -0.2) is 12.8 Å². The Balaban J connectivity index is 2.46. The van der Waals surface area contributed by atoms with Crippen LogP contribution in [0.1, 0.15) is 12.8 Å². The van der Waals surface area contributed by atoms with Crippen molar-refractivity contribution in [3.63, 3.8) is 0 Å². The molecule has 6 nitrogen and oxygen atoms in total. The fraction of sp³-hybridized carbons (Fsp3) is 0.235. The maximum Gasteiger partial charge on any atom is 0.303 e. The summed E-state index contributed by atoms with van der Waals surface area (Å²) in [5, 5.41) is 8.81. The van der Waals surface area contributed by atoms with Gasteiger partial charge in [-0.2, -0.15) is 0 Å². The SMILES string of the molecule is COc1ccccc1N(CCCC(=O)O)S(=O)(=O)c1ccc(F)cc1. The number of carboxylic acid groups (broad SMARTS) is 1. The molecule has 0 bridgehead atoms. The van der Waals surface area contributed by atoms with Gasteiger partial charge < -0.3 is 9.84 Å². The molecular weight excluding hydrogens is 349 g/mol. The van der Waals surface area contributed by atoms with Crippen LogP contribution in [0.3, 0.4) is 0 Å². The first-order chi connectivity index (χ1) is 11.9. The van der Waals surface area contributed by atoms with E-state index in [1.54, 1.807) is 24.3 Å². The van der Waals surface area contributed by atoms with Crippen LogP contribution in [0.15, 0.2) is 53.4 Å². The average Bonchev–Trinajstić information content (AvgIpc) is 2.58. The number of benzene rings is 2. The number of hydrogen-bond acceptors (Lipinski definition) is 4. The zero-order valence-corrected chi connectivity index (χ0v) is 14.4. The second-order valence-electron chi connectivity index (χ2n) is 5.20. The Bertz CT molecular complexity index is 836. The molecule has 0 saturated carbocycles. The van der Waals surface area contributed by atoms with Crippen LogP contribution in [0.4, 0.5) is 10.1 Å². The Morgan fingerprint density at radius 2 is 1.80 bits per heavy atom. The predicted octanol–water partition coefficient (Wildman–Crippen LogP) is 2.89. The van der Waals surface area contributed by atoms with Gasteiger partial charge in [-0.05, 0) is 42.8 Å². The molecule has 134 valence electrons. The molecule has 0 aliphatic rings. The van der Waals surface area contributed by atoms with Gasteiger partial charge in [0.05, 0.1) is 17.7 Å². The van der Waals surface area contributed by atoms with Crippen molar-refractivity contribution in [1.82, 2.24) is 0 Å². The highest BCUT2D eigenvalue weighted by molar-refractivity contribution is 7.92. The summed E-state index contributed by atoms with van der Waals surface area (Å²) < 4.78 is 45.4. The molecule has 8 heteroatoms. The lowest BCUT2D eigenvalue weighted by Gasteiger charge is -2.26. The molecule has 0 unspecified atom stereocenters. The molecular formula is C17H18FNO5S. The van der Waals surface area contributed by atoms with E-state index in [4.69, 9.17) is 9.84 Å². The minimum absolute atomic E-state index is 0.0492. The van der Waals surface area contributed by atoms with Gasteiger partial charge in [0, 0.05) is 13.0 Å². The number of ether oxygens (including phenoxy) is 1. The molecule has 2 aromatic rings. The molecule has 1 N–H and O–H groups in total. The Labute approximate surface area is 145 Å². The molecule has 0 fully saturated rings. The van der Waals surface area contributed by atoms with Crippen LogP contribution < -0.4 is 9.04 Å². The Morgan fingerprint density at radius 1 is 1.16 bits per heavy atom. The van der Waals surface area contributed by atoms with Gasteiger partial charge in [0.25, 0.3) is 10.0 Å². The van der Waals surface area contributed by atoms with Crippen molar-refractivity contribution in [2.45, 2.75) is 17.7 Å². The number of aliphatic carboxylic acids is 1. The number of hydrogen-bond donors (Lipinski definition) is 1. The van der Waals surface area contributed by atoms with Crippen molar-refractivity contribution in [3.05, 3.63) is 54.3 Å².